The SMILES string of the molecule is CCOc1ccc(C(=O)NC2CC[NH+](CC(=O)NCc3cccs3)CC2)cc1. The molecule has 1 aliphatic heterocycles. The molecule has 28 heavy (non-hydrogen) atoms. The van der Waals surface area contributed by atoms with Crippen molar-refractivity contribution in [2.75, 3.05) is 26.2 Å². The van der Waals surface area contributed by atoms with Gasteiger partial charge in [-0.15, -0.1) is 11.3 Å². The van der Waals surface area contributed by atoms with Gasteiger partial charge in [-0.1, -0.05) is 6.07 Å². The maximum atomic E-state index is 12.4. The van der Waals surface area contributed by atoms with Crippen LogP contribution in [0.15, 0.2) is 41.8 Å². The van der Waals surface area contributed by atoms with Crippen molar-refractivity contribution >= 4 is 23.2 Å². The van der Waals surface area contributed by atoms with Gasteiger partial charge in [0, 0.05) is 29.3 Å². The number of carbonyl (C=O) groups is 2. The number of rotatable bonds is 8. The van der Waals surface area contributed by atoms with Crippen LogP contribution < -0.4 is 20.3 Å². The summed E-state index contributed by atoms with van der Waals surface area (Å²) in [6.07, 6.45) is 1.77. The van der Waals surface area contributed by atoms with Gasteiger partial charge in [0.05, 0.1) is 26.2 Å². The Labute approximate surface area is 169 Å². The van der Waals surface area contributed by atoms with Crippen LogP contribution in [0.3, 0.4) is 0 Å². The van der Waals surface area contributed by atoms with Gasteiger partial charge in [-0.3, -0.25) is 9.59 Å². The second-order valence-corrected chi connectivity index (χ2v) is 8.02. The molecule has 0 unspecified atom stereocenters. The van der Waals surface area contributed by atoms with Crippen molar-refractivity contribution in [2.24, 2.45) is 0 Å². The van der Waals surface area contributed by atoms with Crippen LogP contribution in [0.5, 0.6) is 5.75 Å². The molecule has 0 atom stereocenters. The van der Waals surface area contributed by atoms with Crippen molar-refractivity contribution in [2.45, 2.75) is 32.4 Å². The average molecular weight is 403 g/mol. The van der Waals surface area contributed by atoms with E-state index in [2.05, 4.69) is 10.6 Å². The number of nitrogens with one attached hydrogen (secondary N) is 3. The van der Waals surface area contributed by atoms with E-state index in [1.54, 1.807) is 23.5 Å². The van der Waals surface area contributed by atoms with Crippen LogP contribution in [0, 0.1) is 0 Å². The van der Waals surface area contributed by atoms with Gasteiger partial charge in [0.25, 0.3) is 11.8 Å². The summed E-state index contributed by atoms with van der Waals surface area (Å²) in [4.78, 5) is 27.0. The zero-order chi connectivity index (χ0) is 19.8. The van der Waals surface area contributed by atoms with E-state index in [1.165, 1.54) is 9.78 Å². The van der Waals surface area contributed by atoms with Crippen LogP contribution in [-0.2, 0) is 11.3 Å². The number of hydrogen-bond donors (Lipinski definition) is 3. The Morgan fingerprint density at radius 3 is 2.57 bits per heavy atom. The molecular weight excluding hydrogens is 374 g/mol. The Kier molecular flexibility index (Phi) is 7.45. The molecule has 2 heterocycles. The Hall–Kier alpha value is -2.38. The number of likely N-dealkylation sites (tertiary alicyclic amines) is 1. The average Bonchev–Trinajstić information content (AvgIpc) is 3.22. The number of benzene rings is 1. The lowest BCUT2D eigenvalue weighted by Gasteiger charge is -2.29. The fraction of sp³-hybridized carbons (Fsp3) is 0.429. The molecule has 0 bridgehead atoms. The molecular formula is C21H28N3O3S+. The molecule has 3 N–H and O–H groups in total. The van der Waals surface area contributed by atoms with Crippen molar-refractivity contribution in [1.82, 2.24) is 10.6 Å². The Morgan fingerprint density at radius 1 is 1.18 bits per heavy atom. The predicted molar refractivity (Wildman–Crippen MR) is 110 cm³/mol. The first-order valence-electron chi connectivity index (χ1n) is 9.80. The molecule has 7 heteroatoms. The number of thiophene rings is 1. The molecule has 1 aromatic heterocycles. The fourth-order valence-electron chi connectivity index (χ4n) is 3.37. The molecule has 0 spiro atoms. The van der Waals surface area contributed by atoms with Gasteiger partial charge < -0.3 is 20.3 Å². The summed E-state index contributed by atoms with van der Waals surface area (Å²) in [5.74, 6) is 0.804. The second kappa shape index (κ2) is 10.2. The lowest BCUT2D eigenvalue weighted by Crippen LogP contribution is -3.14. The maximum absolute atomic E-state index is 12.4. The van der Waals surface area contributed by atoms with Gasteiger partial charge >= 0.3 is 0 Å². The third-order valence-corrected chi connectivity index (χ3v) is 5.78. The minimum atomic E-state index is -0.0508. The summed E-state index contributed by atoms with van der Waals surface area (Å²) in [6.45, 7) is 5.41. The summed E-state index contributed by atoms with van der Waals surface area (Å²) >= 11 is 1.65. The van der Waals surface area contributed by atoms with Crippen LogP contribution >= 0.6 is 11.3 Å². The number of piperidine rings is 1. The van der Waals surface area contributed by atoms with E-state index in [4.69, 9.17) is 4.74 Å². The molecule has 2 aromatic rings. The van der Waals surface area contributed by atoms with E-state index in [-0.39, 0.29) is 17.9 Å². The van der Waals surface area contributed by atoms with Crippen molar-refractivity contribution in [1.29, 1.82) is 0 Å². The van der Waals surface area contributed by atoms with Crippen LogP contribution in [0.1, 0.15) is 35.0 Å². The Bertz CT molecular complexity index is 754. The molecule has 2 amide bonds. The maximum Gasteiger partial charge on any atom is 0.275 e. The lowest BCUT2D eigenvalue weighted by molar-refractivity contribution is -0.897. The van der Waals surface area contributed by atoms with Crippen LogP contribution in [-0.4, -0.2) is 44.1 Å². The smallest absolute Gasteiger partial charge is 0.275 e. The largest absolute Gasteiger partial charge is 0.494 e. The number of amides is 2. The molecule has 1 aliphatic rings. The molecule has 150 valence electrons. The van der Waals surface area contributed by atoms with E-state index >= 15 is 0 Å². The van der Waals surface area contributed by atoms with E-state index in [9.17, 15) is 9.59 Å². The summed E-state index contributed by atoms with van der Waals surface area (Å²) < 4.78 is 5.41. The summed E-state index contributed by atoms with van der Waals surface area (Å²) in [5.41, 5.74) is 0.645. The van der Waals surface area contributed by atoms with Gasteiger partial charge in [-0.25, -0.2) is 0 Å². The van der Waals surface area contributed by atoms with Gasteiger partial charge in [0.1, 0.15) is 5.75 Å². The Balaban J connectivity index is 1.37. The van der Waals surface area contributed by atoms with Gasteiger partial charge in [-0.2, -0.15) is 0 Å². The third kappa shape index (κ3) is 6.07. The monoisotopic (exact) mass is 402 g/mol. The summed E-state index contributed by atoms with van der Waals surface area (Å²) in [5, 5.41) is 8.11. The van der Waals surface area contributed by atoms with Crippen molar-refractivity contribution in [3.63, 3.8) is 0 Å². The van der Waals surface area contributed by atoms with Crippen LogP contribution in [0.25, 0.3) is 0 Å². The third-order valence-electron chi connectivity index (χ3n) is 4.91. The first-order valence-corrected chi connectivity index (χ1v) is 10.7. The molecule has 3 rings (SSSR count). The van der Waals surface area contributed by atoms with E-state index in [1.807, 2.05) is 36.6 Å². The minimum absolute atomic E-state index is 0.0508. The minimum Gasteiger partial charge on any atom is -0.494 e. The lowest BCUT2D eigenvalue weighted by atomic mass is 10.0. The predicted octanol–water partition coefficient (Wildman–Crippen LogP) is 1.24. The van der Waals surface area contributed by atoms with E-state index < -0.39 is 0 Å². The van der Waals surface area contributed by atoms with Gasteiger partial charge in [-0.05, 0) is 42.6 Å². The zero-order valence-corrected chi connectivity index (χ0v) is 17.0. The summed E-state index contributed by atoms with van der Waals surface area (Å²) in [6, 6.07) is 11.4. The van der Waals surface area contributed by atoms with Gasteiger partial charge in [0.15, 0.2) is 6.54 Å². The summed E-state index contributed by atoms with van der Waals surface area (Å²) in [7, 11) is 0. The number of carbonyl (C=O) groups excluding carboxylic acids is 2. The first kappa shape index (κ1) is 20.4. The topological polar surface area (TPSA) is 71.9 Å². The molecule has 1 fully saturated rings. The first-order chi connectivity index (χ1) is 13.6. The van der Waals surface area contributed by atoms with E-state index in [0.29, 0.717) is 25.3 Å². The highest BCUT2D eigenvalue weighted by molar-refractivity contribution is 7.09. The van der Waals surface area contributed by atoms with Crippen LogP contribution in [0.4, 0.5) is 0 Å². The quantitative estimate of drug-likeness (QED) is 0.622. The molecule has 0 aliphatic carbocycles. The second-order valence-electron chi connectivity index (χ2n) is 6.99. The Morgan fingerprint density at radius 2 is 1.93 bits per heavy atom. The molecule has 0 radical (unpaired) electrons. The zero-order valence-electron chi connectivity index (χ0n) is 16.2. The van der Waals surface area contributed by atoms with Crippen LogP contribution in [0.2, 0.25) is 0 Å². The molecule has 0 saturated carbocycles. The van der Waals surface area contributed by atoms with Crippen molar-refractivity contribution < 1.29 is 19.2 Å². The number of hydrogen-bond acceptors (Lipinski definition) is 4. The fourth-order valence-corrected chi connectivity index (χ4v) is 4.02. The highest BCUT2D eigenvalue weighted by Gasteiger charge is 2.25. The highest BCUT2D eigenvalue weighted by Crippen LogP contribution is 2.12. The van der Waals surface area contributed by atoms with Gasteiger partial charge in [0.2, 0.25) is 0 Å². The van der Waals surface area contributed by atoms with E-state index in [0.717, 1.165) is 31.7 Å². The van der Waals surface area contributed by atoms with Crippen molar-refractivity contribution in [3.8, 4) is 5.75 Å². The highest BCUT2D eigenvalue weighted by atomic mass is 32.1. The molecule has 1 aromatic carbocycles. The normalized spacial score (nSPS) is 19.0. The number of ether oxygens (including phenoxy) is 1. The standard InChI is InChI=1S/C21H27N3O3S/c1-2-27-18-7-5-16(6-8-18)21(26)23-17-9-11-24(12-10-17)15-20(25)22-14-19-4-3-13-28-19/h3-8,13,17H,2,9-12,14-15H2,1H3,(H,22,25)(H,23,26)/p+1. The molecule has 1 saturated heterocycles. The van der Waals surface area contributed by atoms with Crippen molar-refractivity contribution in [3.05, 3.63) is 52.2 Å². The molecule has 6 nitrogen and oxygen atoms in total. The number of quaternary nitrogens is 1.